The first-order valence-electron chi connectivity index (χ1n) is 5.76. The summed E-state index contributed by atoms with van der Waals surface area (Å²) in [6.07, 6.45) is 4.70. The minimum atomic E-state index is -0.364. The van der Waals surface area contributed by atoms with Crippen molar-refractivity contribution in [2.45, 2.75) is 44.3 Å². The van der Waals surface area contributed by atoms with Crippen LogP contribution in [0.5, 0.6) is 0 Å². The second-order valence-electron chi connectivity index (χ2n) is 4.12. The Balaban J connectivity index is 1.73. The number of carbonyl (C=O) groups is 1. The highest BCUT2D eigenvalue weighted by Crippen LogP contribution is 2.16. The third-order valence-corrected chi connectivity index (χ3v) is 2.88. The Morgan fingerprint density at radius 2 is 2.13 bits per heavy atom. The Kier molecular flexibility index (Phi) is 3.97. The lowest BCUT2D eigenvalue weighted by Crippen LogP contribution is -2.28. The molecule has 86 valence electrons. The molecule has 0 radical (unpaired) electrons. The number of hydrogen-bond acceptors (Lipinski definition) is 4. The molecule has 2 atom stereocenters. The van der Waals surface area contributed by atoms with E-state index in [9.17, 15) is 4.79 Å². The van der Waals surface area contributed by atoms with Gasteiger partial charge in [-0.3, -0.25) is 0 Å². The van der Waals surface area contributed by atoms with Gasteiger partial charge >= 0.3 is 5.97 Å². The van der Waals surface area contributed by atoms with Crippen molar-refractivity contribution in [3.63, 3.8) is 0 Å². The monoisotopic (exact) mass is 214 g/mol. The highest BCUT2D eigenvalue weighted by atomic mass is 16.6. The lowest BCUT2D eigenvalue weighted by Gasteiger charge is -2.16. The van der Waals surface area contributed by atoms with Gasteiger partial charge in [0.05, 0.1) is 19.3 Å². The van der Waals surface area contributed by atoms with Crippen LogP contribution in [0.4, 0.5) is 0 Å². The molecule has 0 bridgehead atoms. The molecule has 15 heavy (non-hydrogen) atoms. The molecule has 2 fully saturated rings. The van der Waals surface area contributed by atoms with Crippen LogP contribution < -0.4 is 0 Å². The normalized spacial score (nSPS) is 32.4. The molecule has 2 heterocycles. The van der Waals surface area contributed by atoms with Gasteiger partial charge < -0.3 is 14.2 Å². The van der Waals surface area contributed by atoms with Crippen molar-refractivity contribution in [3.8, 4) is 0 Å². The summed E-state index contributed by atoms with van der Waals surface area (Å²) in [7, 11) is 0. The minimum absolute atomic E-state index is 0.182. The van der Waals surface area contributed by atoms with E-state index in [0.717, 1.165) is 38.7 Å². The van der Waals surface area contributed by atoms with Crippen LogP contribution in [0.15, 0.2) is 0 Å². The Morgan fingerprint density at radius 1 is 1.20 bits per heavy atom. The zero-order valence-corrected chi connectivity index (χ0v) is 8.94. The molecule has 0 aromatic carbocycles. The number of esters is 1. The van der Waals surface area contributed by atoms with E-state index in [1.54, 1.807) is 0 Å². The first kappa shape index (κ1) is 10.9. The lowest BCUT2D eigenvalue weighted by molar-refractivity contribution is -0.157. The van der Waals surface area contributed by atoms with Gasteiger partial charge in [0.1, 0.15) is 0 Å². The SMILES string of the molecule is O=C1OCCCCC1OCC1CCCO1. The maximum absolute atomic E-state index is 11.4. The van der Waals surface area contributed by atoms with E-state index in [0.29, 0.717) is 13.2 Å². The van der Waals surface area contributed by atoms with Crippen LogP contribution in [-0.4, -0.2) is 38.0 Å². The minimum Gasteiger partial charge on any atom is -0.464 e. The highest BCUT2D eigenvalue weighted by Gasteiger charge is 2.25. The van der Waals surface area contributed by atoms with Gasteiger partial charge in [-0.15, -0.1) is 0 Å². The van der Waals surface area contributed by atoms with E-state index in [1.807, 2.05) is 0 Å². The molecule has 0 aromatic rings. The average molecular weight is 214 g/mol. The fourth-order valence-electron chi connectivity index (χ4n) is 1.97. The smallest absolute Gasteiger partial charge is 0.335 e. The molecule has 0 amide bonds. The summed E-state index contributed by atoms with van der Waals surface area (Å²) in [5.41, 5.74) is 0. The molecule has 0 N–H and O–H groups in total. The van der Waals surface area contributed by atoms with Crippen LogP contribution in [0.1, 0.15) is 32.1 Å². The fourth-order valence-corrected chi connectivity index (χ4v) is 1.97. The second-order valence-corrected chi connectivity index (χ2v) is 4.12. The van der Waals surface area contributed by atoms with E-state index in [2.05, 4.69) is 0 Å². The number of ether oxygens (including phenoxy) is 3. The van der Waals surface area contributed by atoms with Crippen LogP contribution >= 0.6 is 0 Å². The van der Waals surface area contributed by atoms with Gasteiger partial charge in [-0.05, 0) is 32.1 Å². The molecular formula is C11H18O4. The molecule has 0 aromatic heterocycles. The van der Waals surface area contributed by atoms with Crippen LogP contribution in [0, 0.1) is 0 Å². The predicted octanol–water partition coefficient (Wildman–Crippen LogP) is 1.28. The van der Waals surface area contributed by atoms with Crippen molar-refractivity contribution >= 4 is 5.97 Å². The summed E-state index contributed by atoms with van der Waals surface area (Å²) < 4.78 is 16.0. The number of carbonyl (C=O) groups excluding carboxylic acids is 1. The molecule has 0 spiro atoms. The van der Waals surface area contributed by atoms with Gasteiger partial charge in [0.25, 0.3) is 0 Å². The molecule has 0 aliphatic carbocycles. The third-order valence-electron chi connectivity index (χ3n) is 2.88. The molecule has 2 rings (SSSR count). The lowest BCUT2D eigenvalue weighted by atomic mass is 10.2. The van der Waals surface area contributed by atoms with Crippen molar-refractivity contribution in [2.24, 2.45) is 0 Å². The van der Waals surface area contributed by atoms with Gasteiger partial charge in [0, 0.05) is 6.61 Å². The van der Waals surface area contributed by atoms with Gasteiger partial charge in [-0.25, -0.2) is 4.79 Å². The van der Waals surface area contributed by atoms with Crippen molar-refractivity contribution in [1.82, 2.24) is 0 Å². The zero-order chi connectivity index (χ0) is 10.5. The summed E-state index contributed by atoms with van der Waals surface area (Å²) in [4.78, 5) is 11.4. The van der Waals surface area contributed by atoms with E-state index in [1.165, 1.54) is 0 Å². The van der Waals surface area contributed by atoms with Crippen LogP contribution in [0.25, 0.3) is 0 Å². The van der Waals surface area contributed by atoms with E-state index >= 15 is 0 Å². The van der Waals surface area contributed by atoms with Crippen LogP contribution in [-0.2, 0) is 19.0 Å². The number of hydrogen-bond donors (Lipinski definition) is 0. The first-order chi connectivity index (χ1) is 7.36. The summed E-state index contributed by atoms with van der Waals surface area (Å²) in [6.45, 7) is 1.89. The largest absolute Gasteiger partial charge is 0.464 e. The molecule has 2 saturated heterocycles. The maximum Gasteiger partial charge on any atom is 0.335 e. The molecule has 4 nitrogen and oxygen atoms in total. The number of rotatable bonds is 3. The van der Waals surface area contributed by atoms with Crippen LogP contribution in [0.2, 0.25) is 0 Å². The standard InChI is InChI=1S/C11H18O4/c12-11-10(5-1-2-6-14-11)15-8-9-4-3-7-13-9/h9-10H,1-8H2. The molecule has 0 saturated carbocycles. The van der Waals surface area contributed by atoms with Crippen molar-refractivity contribution < 1.29 is 19.0 Å². The Bertz CT molecular complexity index is 211. The van der Waals surface area contributed by atoms with Crippen molar-refractivity contribution in [1.29, 1.82) is 0 Å². The summed E-state index contributed by atoms with van der Waals surface area (Å²) in [5.74, 6) is -0.203. The average Bonchev–Trinajstić information content (AvgIpc) is 2.67. The van der Waals surface area contributed by atoms with E-state index in [4.69, 9.17) is 14.2 Å². The second kappa shape index (κ2) is 5.47. The summed E-state index contributed by atoms with van der Waals surface area (Å²) in [6, 6.07) is 0. The van der Waals surface area contributed by atoms with E-state index < -0.39 is 0 Å². The topological polar surface area (TPSA) is 44.8 Å². The molecule has 2 aliphatic heterocycles. The molecule has 2 aliphatic rings. The highest BCUT2D eigenvalue weighted by molar-refractivity contribution is 5.74. The van der Waals surface area contributed by atoms with Crippen molar-refractivity contribution in [2.75, 3.05) is 19.8 Å². The Labute approximate surface area is 89.9 Å². The van der Waals surface area contributed by atoms with Gasteiger partial charge in [-0.2, -0.15) is 0 Å². The predicted molar refractivity (Wildman–Crippen MR) is 53.5 cm³/mol. The van der Waals surface area contributed by atoms with Gasteiger partial charge in [0.2, 0.25) is 0 Å². The first-order valence-corrected chi connectivity index (χ1v) is 5.76. The zero-order valence-electron chi connectivity index (χ0n) is 8.94. The third kappa shape index (κ3) is 3.18. The Morgan fingerprint density at radius 3 is 2.93 bits per heavy atom. The van der Waals surface area contributed by atoms with Gasteiger partial charge in [-0.1, -0.05) is 0 Å². The molecule has 2 unspecified atom stereocenters. The van der Waals surface area contributed by atoms with Gasteiger partial charge in [0.15, 0.2) is 6.10 Å². The van der Waals surface area contributed by atoms with E-state index in [-0.39, 0.29) is 18.2 Å². The quantitative estimate of drug-likeness (QED) is 0.664. The van der Waals surface area contributed by atoms with Crippen molar-refractivity contribution in [3.05, 3.63) is 0 Å². The summed E-state index contributed by atoms with van der Waals surface area (Å²) in [5, 5.41) is 0. The Hall–Kier alpha value is -0.610. The molecule has 4 heteroatoms. The maximum atomic E-state index is 11.4. The van der Waals surface area contributed by atoms with Crippen LogP contribution in [0.3, 0.4) is 0 Å². The summed E-state index contributed by atoms with van der Waals surface area (Å²) >= 11 is 0. The molecular weight excluding hydrogens is 196 g/mol. The fraction of sp³-hybridized carbons (Fsp3) is 0.909. The number of cyclic esters (lactones) is 1.